The van der Waals surface area contributed by atoms with Gasteiger partial charge in [0.15, 0.2) is 0 Å². The predicted molar refractivity (Wildman–Crippen MR) is 163 cm³/mol. The van der Waals surface area contributed by atoms with Gasteiger partial charge in [-0.1, -0.05) is 25.4 Å². The Morgan fingerprint density at radius 2 is 1.85 bits per heavy atom. The third kappa shape index (κ3) is 6.80. The number of likely N-dealkylation sites (N-methyl/N-ethyl adjacent to an activating group) is 1. The Bertz CT molecular complexity index is 1370. The number of morpholine rings is 1. The first-order valence-electron chi connectivity index (χ1n) is 14.4. The van der Waals surface area contributed by atoms with Crippen LogP contribution in [0.2, 0.25) is 5.02 Å². The monoisotopic (exact) mass is 580 g/mol. The van der Waals surface area contributed by atoms with Crippen molar-refractivity contribution in [1.29, 1.82) is 0 Å². The largest absolute Gasteiger partial charge is 0.378 e. The van der Waals surface area contributed by atoms with Gasteiger partial charge >= 0.3 is 0 Å². The van der Waals surface area contributed by atoms with Crippen LogP contribution in [0, 0.1) is 5.82 Å². The van der Waals surface area contributed by atoms with Crippen LogP contribution < -0.4 is 15.1 Å². The zero-order chi connectivity index (χ0) is 28.9. The minimum Gasteiger partial charge on any atom is -0.378 e. The van der Waals surface area contributed by atoms with Crippen molar-refractivity contribution in [1.82, 2.24) is 14.9 Å². The summed E-state index contributed by atoms with van der Waals surface area (Å²) in [5.41, 5.74) is 3.51. The van der Waals surface area contributed by atoms with Gasteiger partial charge in [0, 0.05) is 66.3 Å². The average molecular weight is 581 g/mol. The molecule has 2 aliphatic rings. The number of hydrogen-bond acceptors (Lipinski definition) is 7. The zero-order valence-electron chi connectivity index (χ0n) is 24.0. The van der Waals surface area contributed by atoms with E-state index in [9.17, 15) is 4.79 Å². The van der Waals surface area contributed by atoms with Crippen molar-refractivity contribution in [2.75, 3.05) is 68.1 Å². The number of rotatable bonds is 9. The van der Waals surface area contributed by atoms with Crippen molar-refractivity contribution in [2.24, 2.45) is 0 Å². The highest BCUT2D eigenvalue weighted by Gasteiger charge is 2.28. The summed E-state index contributed by atoms with van der Waals surface area (Å²) in [7, 11) is 2.13. The summed E-state index contributed by atoms with van der Waals surface area (Å²) in [5, 5.41) is 3.58. The summed E-state index contributed by atoms with van der Waals surface area (Å²) in [4.78, 5) is 29.1. The summed E-state index contributed by atoms with van der Waals surface area (Å²) >= 11 is 6.31. The molecule has 2 aliphatic heterocycles. The lowest BCUT2D eigenvalue weighted by Gasteiger charge is -2.27. The van der Waals surface area contributed by atoms with Gasteiger partial charge in [-0.05, 0) is 68.8 Å². The lowest BCUT2D eigenvalue weighted by atomic mass is 10.0. The smallest absolute Gasteiger partial charge is 0.255 e. The first kappa shape index (κ1) is 29.2. The Balaban J connectivity index is 1.47. The van der Waals surface area contributed by atoms with E-state index >= 15 is 4.39 Å². The molecular weight excluding hydrogens is 543 g/mol. The Morgan fingerprint density at radius 3 is 2.56 bits per heavy atom. The summed E-state index contributed by atoms with van der Waals surface area (Å²) < 4.78 is 21.2. The third-order valence-electron chi connectivity index (χ3n) is 7.91. The van der Waals surface area contributed by atoms with E-state index in [1.54, 1.807) is 24.5 Å². The van der Waals surface area contributed by atoms with E-state index in [4.69, 9.17) is 16.3 Å². The first-order chi connectivity index (χ1) is 19.9. The molecule has 3 aromatic rings. The number of anilines is 3. The molecule has 1 amide bonds. The number of benzene rings is 2. The fourth-order valence-electron chi connectivity index (χ4n) is 5.57. The number of nitrogens with one attached hydrogen (secondary N) is 1. The highest BCUT2D eigenvalue weighted by molar-refractivity contribution is 6.31. The van der Waals surface area contributed by atoms with E-state index in [0.29, 0.717) is 71.4 Å². The fraction of sp³-hybridized carbons (Fsp3) is 0.452. The molecule has 1 unspecified atom stereocenters. The van der Waals surface area contributed by atoms with E-state index in [-0.39, 0.29) is 11.7 Å². The van der Waals surface area contributed by atoms with Crippen LogP contribution in [-0.4, -0.2) is 79.8 Å². The zero-order valence-corrected chi connectivity index (χ0v) is 24.8. The molecule has 1 N–H and O–H groups in total. The van der Waals surface area contributed by atoms with Crippen LogP contribution in [0.15, 0.2) is 42.7 Å². The molecule has 0 bridgehead atoms. The highest BCUT2D eigenvalue weighted by atomic mass is 35.5. The molecule has 1 aromatic heterocycles. The minimum atomic E-state index is -0.387. The van der Waals surface area contributed by atoms with E-state index in [1.165, 1.54) is 6.07 Å². The van der Waals surface area contributed by atoms with E-state index in [2.05, 4.69) is 39.1 Å². The van der Waals surface area contributed by atoms with Crippen molar-refractivity contribution in [2.45, 2.75) is 39.2 Å². The molecule has 0 saturated carbocycles. The van der Waals surface area contributed by atoms with Crippen molar-refractivity contribution in [3.63, 3.8) is 0 Å². The molecule has 3 heterocycles. The van der Waals surface area contributed by atoms with Gasteiger partial charge in [-0.3, -0.25) is 4.79 Å². The standard InChI is InChI=1S/C31H38ClFN6O2/c1-4-7-37(3)25-6-8-39(20-25)29-17-27(33)26(23-18-34-31(35-19-23)38-9-11-41-12-10-38)16-28(29)36-30(40)22-13-21(5-2)14-24(32)15-22/h13-19,25H,4-12,20H2,1-3H3,(H,36,40). The second kappa shape index (κ2) is 13.1. The Kier molecular flexibility index (Phi) is 9.37. The number of aromatic nitrogens is 2. The van der Waals surface area contributed by atoms with Crippen LogP contribution in [0.5, 0.6) is 0 Å². The topological polar surface area (TPSA) is 73.8 Å². The number of carbonyl (C=O) groups excluding carboxylic acids is 1. The molecule has 2 fully saturated rings. The maximum absolute atomic E-state index is 15.8. The van der Waals surface area contributed by atoms with Crippen molar-refractivity contribution in [3.05, 3.63) is 64.7 Å². The summed E-state index contributed by atoms with van der Waals surface area (Å²) in [6.07, 6.45) is 6.07. The SMILES string of the molecule is CCCN(C)C1CCN(c2cc(F)c(-c3cnc(N4CCOCC4)nc3)cc2NC(=O)c2cc(Cl)cc(CC)c2)C1. The number of carbonyl (C=O) groups is 1. The van der Waals surface area contributed by atoms with Crippen LogP contribution in [-0.2, 0) is 11.2 Å². The molecule has 10 heteroatoms. The third-order valence-corrected chi connectivity index (χ3v) is 8.13. The van der Waals surface area contributed by atoms with Crippen LogP contribution in [0.25, 0.3) is 11.1 Å². The van der Waals surface area contributed by atoms with Crippen LogP contribution >= 0.6 is 11.6 Å². The number of nitrogens with zero attached hydrogens (tertiary/aromatic N) is 5. The van der Waals surface area contributed by atoms with Crippen molar-refractivity contribution < 1.29 is 13.9 Å². The van der Waals surface area contributed by atoms with E-state index in [0.717, 1.165) is 44.5 Å². The van der Waals surface area contributed by atoms with Gasteiger partial charge in [-0.25, -0.2) is 14.4 Å². The molecule has 0 spiro atoms. The van der Waals surface area contributed by atoms with Gasteiger partial charge < -0.3 is 24.8 Å². The second-order valence-electron chi connectivity index (χ2n) is 10.7. The average Bonchev–Trinajstić information content (AvgIpc) is 3.48. The number of ether oxygens (including phenoxy) is 1. The van der Waals surface area contributed by atoms with E-state index < -0.39 is 0 Å². The molecule has 0 radical (unpaired) electrons. The van der Waals surface area contributed by atoms with Crippen LogP contribution in [0.3, 0.4) is 0 Å². The maximum Gasteiger partial charge on any atom is 0.255 e. The lowest BCUT2D eigenvalue weighted by Crippen LogP contribution is -2.37. The number of aryl methyl sites for hydroxylation is 1. The first-order valence-corrected chi connectivity index (χ1v) is 14.8. The number of hydrogen-bond donors (Lipinski definition) is 1. The molecule has 2 aromatic carbocycles. The molecule has 5 rings (SSSR count). The van der Waals surface area contributed by atoms with Crippen LogP contribution in [0.4, 0.5) is 21.7 Å². The number of amides is 1. The fourth-order valence-corrected chi connectivity index (χ4v) is 5.83. The Labute approximate surface area is 246 Å². The number of halogens is 2. The molecule has 2 saturated heterocycles. The molecule has 1 atom stereocenters. The van der Waals surface area contributed by atoms with E-state index in [1.807, 2.05) is 24.0 Å². The molecular formula is C31H38ClFN6O2. The molecule has 41 heavy (non-hydrogen) atoms. The summed E-state index contributed by atoms with van der Waals surface area (Å²) in [5.74, 6) is -0.0875. The minimum absolute atomic E-state index is 0.293. The summed E-state index contributed by atoms with van der Waals surface area (Å²) in [6.45, 7) is 9.40. The van der Waals surface area contributed by atoms with Gasteiger partial charge in [-0.2, -0.15) is 0 Å². The summed E-state index contributed by atoms with van der Waals surface area (Å²) in [6, 6.07) is 8.95. The molecule has 8 nitrogen and oxygen atoms in total. The lowest BCUT2D eigenvalue weighted by molar-refractivity contribution is 0.102. The van der Waals surface area contributed by atoms with Crippen molar-refractivity contribution in [3.8, 4) is 11.1 Å². The Morgan fingerprint density at radius 1 is 1.10 bits per heavy atom. The quantitative estimate of drug-likeness (QED) is 0.358. The second-order valence-corrected chi connectivity index (χ2v) is 11.2. The van der Waals surface area contributed by atoms with Crippen LogP contribution in [0.1, 0.15) is 42.6 Å². The van der Waals surface area contributed by atoms with Gasteiger partial charge in [0.05, 0.1) is 24.6 Å². The Hall–Kier alpha value is -3.27. The molecule has 218 valence electrons. The maximum atomic E-state index is 15.8. The normalized spacial score (nSPS) is 17.4. The van der Waals surface area contributed by atoms with Gasteiger partial charge in [0.1, 0.15) is 5.82 Å². The van der Waals surface area contributed by atoms with Crippen molar-refractivity contribution >= 4 is 34.8 Å². The predicted octanol–water partition coefficient (Wildman–Crippen LogP) is 5.51. The van der Waals surface area contributed by atoms with Gasteiger partial charge in [0.2, 0.25) is 5.95 Å². The molecule has 0 aliphatic carbocycles. The highest BCUT2D eigenvalue weighted by Crippen LogP contribution is 2.36. The van der Waals surface area contributed by atoms with Gasteiger partial charge in [-0.15, -0.1) is 0 Å². The van der Waals surface area contributed by atoms with Gasteiger partial charge in [0.25, 0.3) is 5.91 Å².